The fraction of sp³-hybridized carbons (Fsp3) is 0.800. The van der Waals surface area contributed by atoms with Crippen molar-refractivity contribution in [2.24, 2.45) is 16.6 Å². The average Bonchev–Trinajstić information content (AvgIpc) is 2.59. The summed E-state index contributed by atoms with van der Waals surface area (Å²) in [6, 6.07) is 0.515. The number of nitrogens with two attached hydrogens (primary N) is 1. The minimum absolute atomic E-state index is 0.246. The van der Waals surface area contributed by atoms with E-state index in [0.29, 0.717) is 18.5 Å². The summed E-state index contributed by atoms with van der Waals surface area (Å²) in [4.78, 5) is 14.6. The molecule has 3 N–H and O–H groups in total. The van der Waals surface area contributed by atoms with Gasteiger partial charge in [0.2, 0.25) is 0 Å². The minimum atomic E-state index is -0.745. The summed E-state index contributed by atoms with van der Waals surface area (Å²) in [6.45, 7) is 5.13. The van der Waals surface area contributed by atoms with Crippen molar-refractivity contribution in [3.8, 4) is 0 Å². The number of carbonyl (C=O) groups is 1. The minimum Gasteiger partial charge on any atom is -0.448 e. The number of hydrogen-bond acceptors (Lipinski definition) is 4. The van der Waals surface area contributed by atoms with Crippen molar-refractivity contribution in [2.75, 3.05) is 18.9 Å². The van der Waals surface area contributed by atoms with E-state index < -0.39 is 6.09 Å². The van der Waals surface area contributed by atoms with Crippen LogP contribution < -0.4 is 11.1 Å². The van der Waals surface area contributed by atoms with E-state index in [4.69, 9.17) is 5.73 Å². The van der Waals surface area contributed by atoms with Gasteiger partial charge in [0.15, 0.2) is 5.17 Å². The van der Waals surface area contributed by atoms with Gasteiger partial charge in [-0.05, 0) is 12.3 Å². The van der Waals surface area contributed by atoms with Crippen LogP contribution in [-0.4, -0.2) is 36.2 Å². The van der Waals surface area contributed by atoms with E-state index >= 15 is 0 Å². The highest BCUT2D eigenvalue weighted by molar-refractivity contribution is 8.14. The molecule has 1 unspecified atom stereocenters. The van der Waals surface area contributed by atoms with Crippen LogP contribution in [0.2, 0.25) is 0 Å². The van der Waals surface area contributed by atoms with Crippen LogP contribution in [-0.2, 0) is 4.74 Å². The monoisotopic (exact) mass is 245 g/mol. The van der Waals surface area contributed by atoms with Gasteiger partial charge in [0.1, 0.15) is 6.61 Å². The van der Waals surface area contributed by atoms with Crippen molar-refractivity contribution in [2.45, 2.75) is 26.3 Å². The Hall–Kier alpha value is -0.910. The average molecular weight is 245 g/mol. The first-order valence-corrected chi connectivity index (χ1v) is 6.42. The zero-order chi connectivity index (χ0) is 12.0. The van der Waals surface area contributed by atoms with Crippen LogP contribution in [0.15, 0.2) is 4.99 Å². The van der Waals surface area contributed by atoms with Crippen molar-refractivity contribution in [3.05, 3.63) is 0 Å². The Kier molecular flexibility index (Phi) is 5.45. The van der Waals surface area contributed by atoms with Gasteiger partial charge in [-0.1, -0.05) is 25.6 Å². The molecule has 16 heavy (non-hydrogen) atoms. The maximum Gasteiger partial charge on any atom is 0.404 e. The normalized spacial score (nSPS) is 22.4. The van der Waals surface area contributed by atoms with Gasteiger partial charge in [-0.25, -0.2) is 4.79 Å². The van der Waals surface area contributed by atoms with Gasteiger partial charge in [-0.2, -0.15) is 0 Å². The summed E-state index contributed by atoms with van der Waals surface area (Å²) in [5, 5.41) is 4.29. The van der Waals surface area contributed by atoms with Crippen LogP contribution in [0.3, 0.4) is 0 Å². The molecule has 1 heterocycles. The van der Waals surface area contributed by atoms with E-state index in [-0.39, 0.29) is 6.61 Å². The number of hydrogen-bond donors (Lipinski definition) is 2. The fourth-order valence-electron chi connectivity index (χ4n) is 1.52. The topological polar surface area (TPSA) is 76.7 Å². The Morgan fingerprint density at radius 2 is 2.50 bits per heavy atom. The molecule has 0 aromatic heterocycles. The molecule has 1 rings (SSSR count). The number of primary amides is 1. The lowest BCUT2D eigenvalue weighted by Gasteiger charge is -2.11. The van der Waals surface area contributed by atoms with Crippen LogP contribution in [0.25, 0.3) is 0 Å². The molecular weight excluding hydrogens is 226 g/mol. The Labute approximate surface area is 100 Å². The third kappa shape index (κ3) is 5.25. The smallest absolute Gasteiger partial charge is 0.404 e. The van der Waals surface area contributed by atoms with Gasteiger partial charge in [0.05, 0.1) is 6.54 Å². The number of amidine groups is 1. The Balaban J connectivity index is 2.19. The Morgan fingerprint density at radius 3 is 3.12 bits per heavy atom. The number of carbonyl (C=O) groups excluding carboxylic acids is 1. The number of nitrogens with one attached hydrogen (secondary N) is 1. The predicted molar refractivity (Wildman–Crippen MR) is 66.7 cm³/mol. The highest BCUT2D eigenvalue weighted by atomic mass is 32.2. The Morgan fingerprint density at radius 1 is 1.75 bits per heavy atom. The summed E-state index contributed by atoms with van der Waals surface area (Å²) < 4.78 is 4.59. The van der Waals surface area contributed by atoms with E-state index in [9.17, 15) is 4.79 Å². The van der Waals surface area contributed by atoms with Crippen LogP contribution in [0.5, 0.6) is 0 Å². The maximum absolute atomic E-state index is 10.3. The second-order valence-corrected chi connectivity index (χ2v) is 5.14. The van der Waals surface area contributed by atoms with Crippen molar-refractivity contribution in [3.63, 3.8) is 0 Å². The molecule has 6 heteroatoms. The number of ether oxygens (including phenoxy) is 1. The lowest BCUT2D eigenvalue weighted by Crippen LogP contribution is -2.28. The van der Waals surface area contributed by atoms with Crippen molar-refractivity contribution >= 4 is 23.0 Å². The lowest BCUT2D eigenvalue weighted by atomic mass is 10.1. The zero-order valence-corrected chi connectivity index (χ0v) is 10.5. The van der Waals surface area contributed by atoms with Gasteiger partial charge in [0, 0.05) is 11.8 Å². The highest BCUT2D eigenvalue weighted by Crippen LogP contribution is 2.18. The SMILES string of the molecule is CC(C)CC1CSC(=NCCOC(N)=O)N1. The Bertz CT molecular complexity index is 269. The highest BCUT2D eigenvalue weighted by Gasteiger charge is 2.20. The summed E-state index contributed by atoms with van der Waals surface area (Å²) in [6.07, 6.45) is 0.411. The van der Waals surface area contributed by atoms with Gasteiger partial charge in [0.25, 0.3) is 0 Å². The molecule has 1 atom stereocenters. The molecule has 0 saturated carbocycles. The van der Waals surface area contributed by atoms with Crippen molar-refractivity contribution < 1.29 is 9.53 Å². The molecule has 1 amide bonds. The molecule has 0 aliphatic carbocycles. The standard InChI is InChI=1S/C10H19N3O2S/c1-7(2)5-8-6-16-10(13-8)12-3-4-15-9(11)14/h7-8H,3-6H2,1-2H3,(H2,11,14)(H,12,13). The third-order valence-corrected chi connectivity index (χ3v) is 3.19. The molecule has 0 bridgehead atoms. The van der Waals surface area contributed by atoms with Crippen LogP contribution in [0.1, 0.15) is 20.3 Å². The second kappa shape index (κ2) is 6.62. The molecule has 0 aromatic rings. The first kappa shape index (κ1) is 13.2. The van der Waals surface area contributed by atoms with Gasteiger partial charge >= 0.3 is 6.09 Å². The maximum atomic E-state index is 10.3. The molecule has 0 aromatic carbocycles. The molecule has 0 radical (unpaired) electrons. The van der Waals surface area contributed by atoms with E-state index in [1.54, 1.807) is 11.8 Å². The third-order valence-electron chi connectivity index (χ3n) is 2.10. The van der Waals surface area contributed by atoms with Crippen LogP contribution in [0.4, 0.5) is 4.79 Å². The molecule has 0 spiro atoms. The van der Waals surface area contributed by atoms with Gasteiger partial charge in [-0.15, -0.1) is 0 Å². The number of nitrogens with zero attached hydrogens (tertiary/aromatic N) is 1. The molecule has 92 valence electrons. The van der Waals surface area contributed by atoms with Crippen molar-refractivity contribution in [1.29, 1.82) is 0 Å². The van der Waals surface area contributed by atoms with Crippen LogP contribution >= 0.6 is 11.8 Å². The van der Waals surface area contributed by atoms with Crippen LogP contribution in [0, 0.1) is 5.92 Å². The molecule has 1 fully saturated rings. The summed E-state index contributed by atoms with van der Waals surface area (Å²) in [5.41, 5.74) is 4.83. The first-order valence-electron chi connectivity index (χ1n) is 5.44. The number of aliphatic imine (C=N–C) groups is 1. The van der Waals surface area contributed by atoms with Gasteiger partial charge < -0.3 is 15.8 Å². The first-order chi connectivity index (χ1) is 7.58. The van der Waals surface area contributed by atoms with E-state index in [0.717, 1.165) is 17.3 Å². The second-order valence-electron chi connectivity index (χ2n) is 4.14. The lowest BCUT2D eigenvalue weighted by molar-refractivity contribution is 0.160. The summed E-state index contributed by atoms with van der Waals surface area (Å²) in [7, 11) is 0. The molecule has 1 aliphatic rings. The van der Waals surface area contributed by atoms with Gasteiger partial charge in [-0.3, -0.25) is 4.99 Å². The molecule has 5 nitrogen and oxygen atoms in total. The summed E-state index contributed by atoms with van der Waals surface area (Å²) >= 11 is 1.72. The number of rotatable bonds is 5. The zero-order valence-electron chi connectivity index (χ0n) is 9.73. The quantitative estimate of drug-likeness (QED) is 0.713. The van der Waals surface area contributed by atoms with E-state index in [2.05, 4.69) is 28.9 Å². The number of amides is 1. The van der Waals surface area contributed by atoms with E-state index in [1.807, 2.05) is 0 Å². The molecular formula is C10H19N3O2S. The molecule has 1 aliphatic heterocycles. The largest absolute Gasteiger partial charge is 0.448 e. The molecule has 1 saturated heterocycles. The van der Waals surface area contributed by atoms with E-state index in [1.165, 1.54) is 0 Å². The number of thioether (sulfide) groups is 1. The van der Waals surface area contributed by atoms with Crippen molar-refractivity contribution in [1.82, 2.24) is 5.32 Å². The fourth-order valence-corrected chi connectivity index (χ4v) is 2.53. The summed E-state index contributed by atoms with van der Waals surface area (Å²) in [5.74, 6) is 1.75. The predicted octanol–water partition coefficient (Wildman–Crippen LogP) is 1.19.